The molecule has 3 heterocycles. The van der Waals surface area contributed by atoms with Crippen molar-refractivity contribution in [2.24, 2.45) is 0 Å². The maximum Gasteiger partial charge on any atom is 0.180 e. The summed E-state index contributed by atoms with van der Waals surface area (Å²) in [5, 5.41) is 7.45. The molecular weight excluding hydrogens is 564 g/mol. The average Bonchev–Trinajstić information content (AvgIpc) is 3.69. The van der Waals surface area contributed by atoms with Crippen LogP contribution in [-0.4, -0.2) is 9.97 Å². The lowest BCUT2D eigenvalue weighted by Gasteiger charge is -2.12. The molecule has 0 radical (unpaired) electrons. The number of nitrogens with zero attached hydrogens (tertiary/aromatic N) is 2. The Bertz CT molecular complexity index is 2810. The zero-order valence-electron chi connectivity index (χ0n) is 24.6. The molecule has 0 unspecified atom stereocenters. The van der Waals surface area contributed by atoms with E-state index in [1.807, 2.05) is 36.4 Å². The molecule has 0 spiro atoms. The normalized spacial score (nSPS) is 11.9. The van der Waals surface area contributed by atoms with Crippen molar-refractivity contribution in [2.45, 2.75) is 0 Å². The topological polar surface area (TPSA) is 52.1 Å². The summed E-state index contributed by atoms with van der Waals surface area (Å²) in [7, 11) is 0. The minimum absolute atomic E-state index is 0.643. The lowest BCUT2D eigenvalue weighted by atomic mass is 9.95. The molecule has 46 heavy (non-hydrogen) atoms. The molecule has 0 aliphatic heterocycles. The van der Waals surface area contributed by atoms with Crippen molar-refractivity contribution in [3.05, 3.63) is 146 Å². The highest BCUT2D eigenvalue weighted by atomic mass is 16.3. The second-order valence-corrected chi connectivity index (χ2v) is 11.8. The van der Waals surface area contributed by atoms with Gasteiger partial charge >= 0.3 is 0 Å². The van der Waals surface area contributed by atoms with Crippen molar-refractivity contribution in [1.29, 1.82) is 0 Å². The molecule has 0 saturated carbocycles. The first-order chi connectivity index (χ1) is 22.8. The monoisotopic (exact) mass is 588 g/mol. The number of rotatable bonds is 3. The van der Waals surface area contributed by atoms with E-state index in [9.17, 15) is 0 Å². The molecule has 4 nitrogen and oxygen atoms in total. The van der Waals surface area contributed by atoms with Crippen LogP contribution in [0.15, 0.2) is 154 Å². The lowest BCUT2D eigenvalue weighted by molar-refractivity contribution is 0.667. The fourth-order valence-corrected chi connectivity index (χ4v) is 6.83. The summed E-state index contributed by atoms with van der Waals surface area (Å²) >= 11 is 0. The Morgan fingerprint density at radius 1 is 0.391 bits per heavy atom. The fourth-order valence-electron chi connectivity index (χ4n) is 6.83. The molecule has 10 aromatic rings. The smallest absolute Gasteiger partial charge is 0.180 e. The van der Waals surface area contributed by atoms with Crippen LogP contribution >= 0.6 is 0 Å². The predicted molar refractivity (Wildman–Crippen MR) is 188 cm³/mol. The molecule has 3 aromatic heterocycles. The third kappa shape index (κ3) is 3.74. The highest BCUT2D eigenvalue weighted by molar-refractivity contribution is 6.19. The summed E-state index contributed by atoms with van der Waals surface area (Å²) in [4.78, 5) is 10.6. The lowest BCUT2D eigenvalue weighted by Crippen LogP contribution is -1.95. The minimum atomic E-state index is 0.643. The van der Waals surface area contributed by atoms with Gasteiger partial charge in [0.2, 0.25) is 0 Å². The number of para-hydroxylation sites is 2. The molecule has 0 amide bonds. The van der Waals surface area contributed by atoms with Crippen molar-refractivity contribution < 1.29 is 8.83 Å². The maximum atomic E-state index is 6.50. The highest BCUT2D eigenvalue weighted by Gasteiger charge is 2.22. The molecule has 0 bridgehead atoms. The van der Waals surface area contributed by atoms with Crippen molar-refractivity contribution in [2.75, 3.05) is 0 Å². The molecule has 0 N–H and O–H groups in total. The van der Waals surface area contributed by atoms with E-state index in [-0.39, 0.29) is 0 Å². The zero-order chi connectivity index (χ0) is 30.2. The van der Waals surface area contributed by atoms with Gasteiger partial charge in [0.25, 0.3) is 0 Å². The largest absolute Gasteiger partial charge is 0.455 e. The van der Waals surface area contributed by atoms with E-state index in [0.717, 1.165) is 82.5 Å². The summed E-state index contributed by atoms with van der Waals surface area (Å²) in [5.74, 6) is 0.643. The second-order valence-electron chi connectivity index (χ2n) is 11.8. The van der Waals surface area contributed by atoms with E-state index >= 15 is 0 Å². The van der Waals surface area contributed by atoms with Crippen LogP contribution in [0, 0.1) is 0 Å². The number of hydrogen-bond donors (Lipinski definition) is 0. The van der Waals surface area contributed by atoms with Crippen LogP contribution in [-0.2, 0) is 0 Å². The highest BCUT2D eigenvalue weighted by Crippen LogP contribution is 2.42. The number of benzene rings is 7. The van der Waals surface area contributed by atoms with E-state index < -0.39 is 0 Å². The van der Waals surface area contributed by atoms with Crippen LogP contribution in [0.25, 0.3) is 99.3 Å². The van der Waals surface area contributed by atoms with Gasteiger partial charge in [-0.1, -0.05) is 103 Å². The van der Waals surface area contributed by atoms with Gasteiger partial charge in [-0.3, -0.25) is 0 Å². The van der Waals surface area contributed by atoms with Gasteiger partial charge in [0, 0.05) is 32.7 Å². The first kappa shape index (κ1) is 25.1. The second kappa shape index (κ2) is 9.62. The predicted octanol–water partition coefficient (Wildman–Crippen LogP) is 11.6. The van der Waals surface area contributed by atoms with Gasteiger partial charge in [-0.2, -0.15) is 0 Å². The Labute approximate surface area is 263 Å². The number of furan rings is 2. The van der Waals surface area contributed by atoms with Crippen LogP contribution in [0.4, 0.5) is 0 Å². The van der Waals surface area contributed by atoms with E-state index in [1.54, 1.807) is 0 Å². The van der Waals surface area contributed by atoms with Crippen molar-refractivity contribution >= 4 is 65.6 Å². The Morgan fingerprint density at radius 2 is 1.09 bits per heavy atom. The van der Waals surface area contributed by atoms with E-state index in [1.165, 1.54) is 5.39 Å². The van der Waals surface area contributed by atoms with Crippen LogP contribution < -0.4 is 0 Å². The Balaban J connectivity index is 1.33. The Kier molecular flexibility index (Phi) is 5.25. The van der Waals surface area contributed by atoms with Gasteiger partial charge in [-0.05, 0) is 69.8 Å². The summed E-state index contributed by atoms with van der Waals surface area (Å²) < 4.78 is 13.0. The zero-order valence-corrected chi connectivity index (χ0v) is 24.6. The van der Waals surface area contributed by atoms with Crippen molar-refractivity contribution in [1.82, 2.24) is 9.97 Å². The first-order valence-corrected chi connectivity index (χ1v) is 15.4. The van der Waals surface area contributed by atoms with Crippen LogP contribution in [0.5, 0.6) is 0 Å². The number of hydrogen-bond acceptors (Lipinski definition) is 4. The van der Waals surface area contributed by atoms with E-state index in [2.05, 4.69) is 109 Å². The van der Waals surface area contributed by atoms with Gasteiger partial charge in [0.1, 0.15) is 28.0 Å². The molecule has 214 valence electrons. The molecule has 0 fully saturated rings. The molecule has 4 heteroatoms. The molecule has 0 saturated heterocycles. The van der Waals surface area contributed by atoms with Crippen molar-refractivity contribution in [3.8, 4) is 33.8 Å². The van der Waals surface area contributed by atoms with Gasteiger partial charge < -0.3 is 8.83 Å². The van der Waals surface area contributed by atoms with E-state index in [0.29, 0.717) is 11.4 Å². The Hall–Kier alpha value is -6.26. The third-order valence-corrected chi connectivity index (χ3v) is 9.07. The first-order valence-electron chi connectivity index (χ1n) is 15.4. The van der Waals surface area contributed by atoms with Gasteiger partial charge in [0.05, 0.1) is 0 Å². The quantitative estimate of drug-likeness (QED) is 0.206. The summed E-state index contributed by atoms with van der Waals surface area (Å²) in [5.41, 5.74) is 8.96. The number of aromatic nitrogens is 2. The maximum absolute atomic E-state index is 6.50. The third-order valence-electron chi connectivity index (χ3n) is 9.07. The minimum Gasteiger partial charge on any atom is -0.455 e. The van der Waals surface area contributed by atoms with Crippen LogP contribution in [0.3, 0.4) is 0 Å². The standard InChI is InChI=1S/C42H24N2O2/c1-2-10-25(11-3-1)28-20-21-31-33(23-28)35(24-34-30-14-6-8-16-36(30)45-40(31)34)42-43-38(29-19-18-26-12-4-5-13-27(26)22-29)41-39(44-42)32-15-7-9-17-37(32)46-41/h1-24H. The fraction of sp³-hybridized carbons (Fsp3) is 0. The molecule has 7 aromatic carbocycles. The van der Waals surface area contributed by atoms with Crippen LogP contribution in [0.1, 0.15) is 0 Å². The van der Waals surface area contributed by atoms with E-state index in [4.69, 9.17) is 18.8 Å². The molecule has 0 aliphatic carbocycles. The van der Waals surface area contributed by atoms with Crippen molar-refractivity contribution in [3.63, 3.8) is 0 Å². The molecule has 0 atom stereocenters. The summed E-state index contributed by atoms with van der Waals surface area (Å²) in [6.07, 6.45) is 0. The molecule has 10 rings (SSSR count). The SMILES string of the molecule is c1ccc(-c2ccc3c(c2)c(-c2nc(-c4ccc5ccccc5c4)c4oc5ccccc5c4n2)cc2c4ccccc4oc32)cc1. The summed E-state index contributed by atoms with van der Waals surface area (Å²) in [6.45, 7) is 0. The molecule has 0 aliphatic rings. The summed E-state index contributed by atoms with van der Waals surface area (Å²) in [6, 6.07) is 50.4. The van der Waals surface area contributed by atoms with Gasteiger partial charge in [0.15, 0.2) is 11.4 Å². The van der Waals surface area contributed by atoms with Gasteiger partial charge in [-0.25, -0.2) is 9.97 Å². The Morgan fingerprint density at radius 3 is 1.96 bits per heavy atom. The average molecular weight is 589 g/mol. The molecular formula is C42H24N2O2. The van der Waals surface area contributed by atoms with Crippen LogP contribution in [0.2, 0.25) is 0 Å². The van der Waals surface area contributed by atoms with Gasteiger partial charge in [-0.15, -0.1) is 0 Å². The number of fused-ring (bicyclic) bond motifs is 9.